The minimum atomic E-state index is -0.878. The number of methoxy groups -OCH3 is 1. The summed E-state index contributed by atoms with van der Waals surface area (Å²) in [5.74, 6) is -2.27. The second-order valence-electron chi connectivity index (χ2n) is 2.57. The van der Waals surface area contributed by atoms with Crippen molar-refractivity contribution in [1.29, 1.82) is 0 Å². The van der Waals surface area contributed by atoms with E-state index in [9.17, 15) is 13.6 Å². The summed E-state index contributed by atoms with van der Waals surface area (Å²) in [4.78, 5) is 10.9. The molecule has 0 saturated carbocycles. The second-order valence-corrected chi connectivity index (χ2v) is 2.57. The molecule has 0 spiro atoms. The predicted molar refractivity (Wildman–Crippen MR) is 45.9 cm³/mol. The van der Waals surface area contributed by atoms with Crippen molar-refractivity contribution in [2.75, 3.05) is 7.11 Å². The van der Waals surface area contributed by atoms with Crippen LogP contribution in [0.15, 0.2) is 12.1 Å². The number of hydrogen-bond acceptors (Lipinski definition) is 2. The van der Waals surface area contributed by atoms with Crippen LogP contribution in [0.5, 0.6) is 0 Å². The van der Waals surface area contributed by atoms with Crippen LogP contribution in [0.3, 0.4) is 0 Å². The second kappa shape index (κ2) is 3.55. The van der Waals surface area contributed by atoms with E-state index in [1.807, 2.05) is 0 Å². The molecule has 2 nitrogen and oxygen atoms in total. The fourth-order valence-electron chi connectivity index (χ4n) is 0.913. The molecule has 0 unspecified atom stereocenters. The van der Waals surface area contributed by atoms with Gasteiger partial charge in [0, 0.05) is 0 Å². The zero-order valence-corrected chi connectivity index (χ0v) is 7.23. The van der Waals surface area contributed by atoms with Crippen molar-refractivity contribution in [3.63, 3.8) is 0 Å². The number of benzene rings is 1. The lowest BCUT2D eigenvalue weighted by molar-refractivity contribution is 0.0595. The summed E-state index contributed by atoms with van der Waals surface area (Å²) in [5.41, 5.74) is -0.226. The highest BCUT2D eigenvalue weighted by Crippen LogP contribution is 2.08. The fraction of sp³-hybridized carbons (Fsp3) is 0.125. The summed E-state index contributed by atoms with van der Waals surface area (Å²) < 4.78 is 30.1. The van der Waals surface area contributed by atoms with E-state index in [0.29, 0.717) is 0 Å². The van der Waals surface area contributed by atoms with Gasteiger partial charge in [-0.05, 0) is 12.1 Å². The maximum Gasteiger partial charge on any atom is 0.340 e. The molecule has 5 heteroatoms. The van der Waals surface area contributed by atoms with Crippen molar-refractivity contribution < 1.29 is 18.3 Å². The quantitative estimate of drug-likeness (QED) is 0.453. The van der Waals surface area contributed by atoms with Gasteiger partial charge in [-0.25, -0.2) is 13.6 Å². The third-order valence-corrected chi connectivity index (χ3v) is 1.65. The standard InChI is InChI=1S/C8H7BF2O2/c1-13-8(12)4-2-7(11)5(9)3-6(4)10/h2-3H,9H2,1H3. The molecule has 0 N–H and O–H groups in total. The highest BCUT2D eigenvalue weighted by atomic mass is 19.1. The number of carbonyl (C=O) groups excluding carboxylic acids is 1. The predicted octanol–water partition coefficient (Wildman–Crippen LogP) is 0.00980. The number of rotatable bonds is 1. The smallest absolute Gasteiger partial charge is 0.340 e. The van der Waals surface area contributed by atoms with Gasteiger partial charge in [0.25, 0.3) is 0 Å². The van der Waals surface area contributed by atoms with Gasteiger partial charge < -0.3 is 4.74 Å². The van der Waals surface area contributed by atoms with Crippen molar-refractivity contribution in [2.45, 2.75) is 0 Å². The monoisotopic (exact) mass is 184 g/mol. The zero-order chi connectivity index (χ0) is 10.0. The van der Waals surface area contributed by atoms with Crippen LogP contribution in [0.2, 0.25) is 0 Å². The van der Waals surface area contributed by atoms with Crippen molar-refractivity contribution in [3.8, 4) is 0 Å². The van der Waals surface area contributed by atoms with Gasteiger partial charge in [0.1, 0.15) is 19.5 Å². The van der Waals surface area contributed by atoms with E-state index in [1.54, 1.807) is 0 Å². The first-order chi connectivity index (χ1) is 6.06. The molecule has 0 saturated heterocycles. The van der Waals surface area contributed by atoms with E-state index in [4.69, 9.17) is 0 Å². The van der Waals surface area contributed by atoms with Gasteiger partial charge in [-0.2, -0.15) is 0 Å². The molecule has 68 valence electrons. The van der Waals surface area contributed by atoms with Crippen molar-refractivity contribution in [2.24, 2.45) is 0 Å². The Bertz CT molecular complexity index is 352. The molecule has 0 atom stereocenters. The van der Waals surface area contributed by atoms with E-state index in [0.717, 1.165) is 19.2 Å². The average molecular weight is 184 g/mol. The molecule has 1 rings (SSSR count). The summed E-state index contributed by atoms with van der Waals surface area (Å²) >= 11 is 0. The zero-order valence-electron chi connectivity index (χ0n) is 7.23. The van der Waals surface area contributed by atoms with Crippen LogP contribution >= 0.6 is 0 Å². The summed E-state index contributed by atoms with van der Waals surface area (Å²) in [6.45, 7) is 0. The minimum Gasteiger partial charge on any atom is -0.465 e. The van der Waals surface area contributed by atoms with E-state index < -0.39 is 17.6 Å². The lowest BCUT2D eigenvalue weighted by Crippen LogP contribution is -2.14. The Morgan fingerprint density at radius 1 is 1.38 bits per heavy atom. The van der Waals surface area contributed by atoms with Crippen LogP contribution in [0.1, 0.15) is 10.4 Å². The number of ether oxygens (including phenoxy) is 1. The minimum absolute atomic E-state index is 0.158. The molecule has 0 aliphatic rings. The van der Waals surface area contributed by atoms with Gasteiger partial charge >= 0.3 is 5.97 Å². The largest absolute Gasteiger partial charge is 0.465 e. The van der Waals surface area contributed by atoms with Crippen LogP contribution in [0, 0.1) is 11.6 Å². The van der Waals surface area contributed by atoms with Crippen LogP contribution in [-0.2, 0) is 4.74 Å². The Morgan fingerprint density at radius 3 is 2.54 bits per heavy atom. The maximum absolute atomic E-state index is 13.0. The summed E-state index contributed by atoms with van der Waals surface area (Å²) in [6, 6.07) is 1.79. The number of halogens is 2. The topological polar surface area (TPSA) is 26.3 Å². The lowest BCUT2D eigenvalue weighted by atomic mass is 9.94. The van der Waals surface area contributed by atoms with E-state index in [2.05, 4.69) is 4.74 Å². The lowest BCUT2D eigenvalue weighted by Gasteiger charge is -2.02. The Labute approximate surface area is 74.9 Å². The first-order valence-corrected chi connectivity index (χ1v) is 3.60. The van der Waals surface area contributed by atoms with Crippen LogP contribution in [0.25, 0.3) is 0 Å². The first-order valence-electron chi connectivity index (χ1n) is 3.60. The molecule has 13 heavy (non-hydrogen) atoms. The van der Waals surface area contributed by atoms with Crippen molar-refractivity contribution >= 4 is 19.3 Å². The van der Waals surface area contributed by atoms with Gasteiger partial charge in [0.05, 0.1) is 12.7 Å². The normalized spacial score (nSPS) is 9.77. The van der Waals surface area contributed by atoms with Gasteiger partial charge in [0.15, 0.2) is 0 Å². The molecular formula is C8H7BF2O2. The molecule has 0 radical (unpaired) electrons. The van der Waals surface area contributed by atoms with Gasteiger partial charge in [-0.15, -0.1) is 0 Å². The van der Waals surface area contributed by atoms with Crippen molar-refractivity contribution in [1.82, 2.24) is 0 Å². The molecule has 0 aromatic heterocycles. The summed E-state index contributed by atoms with van der Waals surface area (Å²) in [7, 11) is 2.53. The van der Waals surface area contributed by atoms with Crippen molar-refractivity contribution in [3.05, 3.63) is 29.3 Å². The summed E-state index contributed by atoms with van der Waals surface area (Å²) in [5, 5.41) is 0. The molecule has 0 aliphatic heterocycles. The Balaban J connectivity index is 3.23. The van der Waals surface area contributed by atoms with Gasteiger partial charge in [-0.3, -0.25) is 0 Å². The number of carbonyl (C=O) groups is 1. The molecule has 1 aromatic rings. The van der Waals surface area contributed by atoms with E-state index in [1.165, 1.54) is 7.85 Å². The molecule has 1 aromatic carbocycles. The number of esters is 1. The highest BCUT2D eigenvalue weighted by molar-refractivity contribution is 6.32. The van der Waals surface area contributed by atoms with Gasteiger partial charge in [0.2, 0.25) is 0 Å². The Morgan fingerprint density at radius 2 is 2.00 bits per heavy atom. The summed E-state index contributed by atoms with van der Waals surface area (Å²) in [6.07, 6.45) is 0. The van der Waals surface area contributed by atoms with Crippen LogP contribution in [-0.4, -0.2) is 20.9 Å². The van der Waals surface area contributed by atoms with E-state index >= 15 is 0 Å². The van der Waals surface area contributed by atoms with Crippen LogP contribution in [0.4, 0.5) is 8.78 Å². The first kappa shape index (κ1) is 9.70. The Hall–Kier alpha value is -1.39. The molecule has 0 aliphatic carbocycles. The molecule has 0 heterocycles. The molecular weight excluding hydrogens is 177 g/mol. The number of hydrogen-bond donors (Lipinski definition) is 0. The molecule has 0 bridgehead atoms. The third-order valence-electron chi connectivity index (χ3n) is 1.65. The highest BCUT2D eigenvalue weighted by Gasteiger charge is 2.14. The fourth-order valence-corrected chi connectivity index (χ4v) is 0.913. The Kier molecular flexibility index (Phi) is 2.65. The SMILES string of the molecule is Bc1cc(F)c(C(=O)OC)cc1F. The maximum atomic E-state index is 13.0. The van der Waals surface area contributed by atoms with Gasteiger partial charge in [-0.1, -0.05) is 5.46 Å². The molecule has 0 amide bonds. The third kappa shape index (κ3) is 1.85. The average Bonchev–Trinajstić information content (AvgIpc) is 2.10. The van der Waals surface area contributed by atoms with Crippen LogP contribution < -0.4 is 5.46 Å². The van der Waals surface area contributed by atoms with E-state index in [-0.39, 0.29) is 11.0 Å². The molecule has 0 fully saturated rings.